The topological polar surface area (TPSA) is 128 Å². The number of aromatic nitrogens is 4. The maximum absolute atomic E-state index is 12.1. The van der Waals surface area contributed by atoms with Gasteiger partial charge in [-0.2, -0.15) is 5.10 Å². The quantitative estimate of drug-likeness (QED) is 0.184. The summed E-state index contributed by atoms with van der Waals surface area (Å²) in [4.78, 5) is 21.8. The number of nitrogens with two attached hydrogens (primary N) is 2. The zero-order valence-electron chi connectivity index (χ0n) is 18.7. The molecule has 0 unspecified atom stereocenters. The lowest BCUT2D eigenvalue weighted by molar-refractivity contribution is 0.111. The zero-order chi connectivity index (χ0) is 23.8. The van der Waals surface area contributed by atoms with E-state index >= 15 is 0 Å². The second-order valence-corrected chi connectivity index (χ2v) is 7.99. The van der Waals surface area contributed by atoms with Gasteiger partial charge in [-0.1, -0.05) is 59.7 Å². The van der Waals surface area contributed by atoms with Gasteiger partial charge in [-0.3, -0.25) is 13.6 Å². The minimum atomic E-state index is -0.155. The lowest BCUT2D eigenvalue weighted by atomic mass is 10.1. The molecule has 5 rings (SSSR count). The molecule has 0 bridgehead atoms. The van der Waals surface area contributed by atoms with Gasteiger partial charge >= 0.3 is 0 Å². The van der Waals surface area contributed by atoms with Crippen LogP contribution in [0.5, 0.6) is 0 Å². The Balaban J connectivity index is 1.83. The van der Waals surface area contributed by atoms with Crippen LogP contribution in [0, 0.1) is 13.8 Å². The summed E-state index contributed by atoms with van der Waals surface area (Å²) in [5.74, 6) is 0.366. The van der Waals surface area contributed by atoms with Crippen LogP contribution in [0.4, 0.5) is 0 Å². The fourth-order valence-electron chi connectivity index (χ4n) is 3.88. The van der Waals surface area contributed by atoms with Crippen LogP contribution in [0.1, 0.15) is 27.3 Å². The number of benzene rings is 2. The van der Waals surface area contributed by atoms with E-state index in [-0.39, 0.29) is 5.96 Å². The molecular formula is C25H22N8O. The number of nitrogens with zero attached hydrogens (tertiary/aromatic N) is 6. The average molecular weight is 451 g/mol. The fraction of sp³-hybridized carbons (Fsp3) is 0.0800. The monoisotopic (exact) mass is 450 g/mol. The first kappa shape index (κ1) is 21.1. The summed E-state index contributed by atoms with van der Waals surface area (Å²) in [6, 6.07) is 17.7. The van der Waals surface area contributed by atoms with Gasteiger partial charge in [0.1, 0.15) is 17.0 Å². The Labute approximate surface area is 195 Å². The molecule has 0 aliphatic heterocycles. The molecule has 5 aromatic rings. The van der Waals surface area contributed by atoms with E-state index in [9.17, 15) is 4.79 Å². The van der Waals surface area contributed by atoms with E-state index < -0.39 is 0 Å². The van der Waals surface area contributed by atoms with Crippen molar-refractivity contribution in [1.82, 2.24) is 18.8 Å². The van der Waals surface area contributed by atoms with Gasteiger partial charge in [0.2, 0.25) is 11.7 Å². The highest BCUT2D eigenvalue weighted by atomic mass is 16.1. The Morgan fingerprint density at radius 3 is 2.00 bits per heavy atom. The summed E-state index contributed by atoms with van der Waals surface area (Å²) in [5, 5.41) is 7.78. The Morgan fingerprint density at radius 2 is 1.44 bits per heavy atom. The van der Waals surface area contributed by atoms with Gasteiger partial charge in [-0.05, 0) is 19.9 Å². The van der Waals surface area contributed by atoms with Crippen molar-refractivity contribution in [2.45, 2.75) is 13.8 Å². The van der Waals surface area contributed by atoms with E-state index in [4.69, 9.17) is 21.4 Å². The number of hydrogen-bond donors (Lipinski definition) is 2. The van der Waals surface area contributed by atoms with Crippen LogP contribution in [-0.2, 0) is 0 Å². The highest BCUT2D eigenvalue weighted by Crippen LogP contribution is 2.28. The third-order valence-corrected chi connectivity index (χ3v) is 5.56. The van der Waals surface area contributed by atoms with Crippen molar-refractivity contribution in [2.75, 3.05) is 0 Å². The van der Waals surface area contributed by atoms with E-state index in [2.05, 4.69) is 10.2 Å². The van der Waals surface area contributed by atoms with Crippen LogP contribution in [0.15, 0.2) is 71.0 Å². The third kappa shape index (κ3) is 3.58. The molecule has 0 atom stereocenters. The number of aldehydes is 1. The number of carbonyl (C=O) groups is 1. The first-order chi connectivity index (χ1) is 16.5. The maximum atomic E-state index is 12.1. The molecule has 9 nitrogen and oxygen atoms in total. The highest BCUT2D eigenvalue weighted by Gasteiger charge is 2.20. The van der Waals surface area contributed by atoms with Crippen molar-refractivity contribution >= 4 is 29.9 Å². The largest absolute Gasteiger partial charge is 0.369 e. The first-order valence-electron chi connectivity index (χ1n) is 10.6. The number of hydrogen-bond acceptors (Lipinski definition) is 5. The molecule has 0 aliphatic carbocycles. The SMILES string of the molecule is Cc1ccc(-c2nc3n(ccc4nc(-c5ccc(C)cc5)c(/C=N/N=C(N)N)n43)c2C=O)cc1. The van der Waals surface area contributed by atoms with Crippen molar-refractivity contribution in [3.8, 4) is 22.5 Å². The Morgan fingerprint density at radius 1 is 0.853 bits per heavy atom. The highest BCUT2D eigenvalue weighted by molar-refractivity contribution is 5.92. The molecule has 0 aliphatic rings. The second kappa shape index (κ2) is 8.28. The molecule has 0 amide bonds. The van der Waals surface area contributed by atoms with Gasteiger partial charge in [0.25, 0.3) is 0 Å². The zero-order valence-corrected chi connectivity index (χ0v) is 18.7. The molecule has 0 saturated heterocycles. The summed E-state index contributed by atoms with van der Waals surface area (Å²) < 4.78 is 3.58. The molecule has 168 valence electrons. The first-order valence-corrected chi connectivity index (χ1v) is 10.6. The fourth-order valence-corrected chi connectivity index (χ4v) is 3.88. The molecule has 3 heterocycles. The number of rotatable bonds is 5. The van der Waals surface area contributed by atoms with Crippen molar-refractivity contribution < 1.29 is 4.79 Å². The second-order valence-electron chi connectivity index (χ2n) is 7.99. The summed E-state index contributed by atoms with van der Waals surface area (Å²) in [7, 11) is 0. The molecule has 0 saturated carbocycles. The van der Waals surface area contributed by atoms with Crippen molar-refractivity contribution in [1.29, 1.82) is 0 Å². The van der Waals surface area contributed by atoms with Crippen LogP contribution < -0.4 is 11.5 Å². The molecule has 34 heavy (non-hydrogen) atoms. The van der Waals surface area contributed by atoms with E-state index in [1.807, 2.05) is 72.8 Å². The summed E-state index contributed by atoms with van der Waals surface area (Å²) in [5.41, 5.74) is 17.9. The van der Waals surface area contributed by atoms with E-state index in [0.717, 1.165) is 28.5 Å². The van der Waals surface area contributed by atoms with Gasteiger partial charge in [-0.15, -0.1) is 5.10 Å². The predicted octanol–water partition coefficient (Wildman–Crippen LogP) is 3.35. The van der Waals surface area contributed by atoms with Crippen LogP contribution in [0.2, 0.25) is 0 Å². The smallest absolute Gasteiger partial charge is 0.221 e. The number of aryl methyl sites for hydroxylation is 2. The molecule has 9 heteroatoms. The summed E-state index contributed by atoms with van der Waals surface area (Å²) in [6.45, 7) is 4.04. The molecule has 0 spiro atoms. The predicted molar refractivity (Wildman–Crippen MR) is 133 cm³/mol. The van der Waals surface area contributed by atoms with Gasteiger partial charge < -0.3 is 11.5 Å². The Bertz CT molecular complexity index is 1580. The van der Waals surface area contributed by atoms with Crippen LogP contribution in [0.3, 0.4) is 0 Å². The van der Waals surface area contributed by atoms with Crippen LogP contribution in [-0.4, -0.2) is 37.2 Å². The lowest BCUT2D eigenvalue weighted by Crippen LogP contribution is -2.21. The van der Waals surface area contributed by atoms with Gasteiger partial charge in [0.05, 0.1) is 17.6 Å². The number of guanidine groups is 1. The third-order valence-electron chi connectivity index (χ3n) is 5.56. The van der Waals surface area contributed by atoms with Crippen molar-refractivity contribution in [3.63, 3.8) is 0 Å². The van der Waals surface area contributed by atoms with E-state index in [1.165, 1.54) is 6.21 Å². The van der Waals surface area contributed by atoms with Gasteiger partial charge in [0.15, 0.2) is 6.29 Å². The minimum Gasteiger partial charge on any atom is -0.369 e. The molecule has 0 radical (unpaired) electrons. The number of fused-ring (bicyclic) bond motifs is 3. The summed E-state index contributed by atoms with van der Waals surface area (Å²) in [6.07, 6.45) is 4.14. The number of imidazole rings is 2. The molecular weight excluding hydrogens is 428 g/mol. The normalized spacial score (nSPS) is 11.5. The van der Waals surface area contributed by atoms with Crippen molar-refractivity contribution in [3.05, 3.63) is 83.3 Å². The van der Waals surface area contributed by atoms with E-state index in [0.29, 0.717) is 34.2 Å². The molecule has 3 aromatic heterocycles. The lowest BCUT2D eigenvalue weighted by Gasteiger charge is -2.02. The van der Waals surface area contributed by atoms with E-state index in [1.54, 1.807) is 10.6 Å². The standard InChI is InChI=1S/C25H22N8O/c1-15-3-7-17(8-4-15)22-19(13-28-31-24(26)27)33-21(29-22)11-12-32-20(14-34)23(30-25(32)33)18-9-5-16(2)6-10-18/h3-14H,1-2H3,(H4,26,27,31)/b28-13+. The minimum absolute atomic E-state index is 0.155. The Hall–Kier alpha value is -4.79. The summed E-state index contributed by atoms with van der Waals surface area (Å²) >= 11 is 0. The van der Waals surface area contributed by atoms with Crippen LogP contribution in [0.25, 0.3) is 33.9 Å². The van der Waals surface area contributed by atoms with Crippen molar-refractivity contribution in [2.24, 2.45) is 21.7 Å². The Kier molecular flexibility index (Phi) is 5.14. The average Bonchev–Trinajstić information content (AvgIpc) is 3.38. The molecule has 0 fully saturated rings. The van der Waals surface area contributed by atoms with Crippen LogP contribution >= 0.6 is 0 Å². The molecule has 2 aromatic carbocycles. The van der Waals surface area contributed by atoms with Gasteiger partial charge in [0, 0.05) is 17.3 Å². The van der Waals surface area contributed by atoms with Gasteiger partial charge in [-0.25, -0.2) is 9.97 Å². The number of carbonyl (C=O) groups excluding carboxylic acids is 1. The molecule has 4 N–H and O–H groups in total. The maximum Gasteiger partial charge on any atom is 0.221 e.